The van der Waals surface area contributed by atoms with Crippen LogP contribution >= 0.6 is 11.6 Å². The summed E-state index contributed by atoms with van der Waals surface area (Å²) in [7, 11) is 0. The van der Waals surface area contributed by atoms with Crippen molar-refractivity contribution in [3.63, 3.8) is 0 Å². The lowest BCUT2D eigenvalue weighted by Crippen LogP contribution is -2.27. The summed E-state index contributed by atoms with van der Waals surface area (Å²) in [4.78, 5) is 22.5. The van der Waals surface area contributed by atoms with Gasteiger partial charge in [-0.05, 0) is 45.4 Å². The second kappa shape index (κ2) is 5.48. The monoisotopic (exact) mass is 285 g/mol. The van der Waals surface area contributed by atoms with Gasteiger partial charge in [0.15, 0.2) is 0 Å². The average molecular weight is 286 g/mol. The average Bonchev–Trinajstić information content (AvgIpc) is 2.21. The number of rotatable bonds is 2. The highest BCUT2D eigenvalue weighted by Crippen LogP contribution is 2.27. The maximum Gasteiger partial charge on any atom is 0.412 e. The summed E-state index contributed by atoms with van der Waals surface area (Å²) in [6.45, 7) is 6.88. The highest BCUT2D eigenvalue weighted by Gasteiger charge is 2.18. The molecule has 19 heavy (non-hydrogen) atoms. The number of carboxylic acids is 1. The van der Waals surface area contributed by atoms with E-state index < -0.39 is 17.7 Å². The number of carbonyl (C=O) groups is 2. The van der Waals surface area contributed by atoms with Gasteiger partial charge in [-0.1, -0.05) is 11.6 Å². The molecule has 0 spiro atoms. The summed E-state index contributed by atoms with van der Waals surface area (Å²) >= 11 is 5.94. The number of halogens is 1. The number of aromatic carboxylic acids is 1. The Balaban J connectivity index is 2.95. The van der Waals surface area contributed by atoms with Gasteiger partial charge in [-0.3, -0.25) is 5.32 Å². The Kier molecular flexibility index (Phi) is 4.42. The van der Waals surface area contributed by atoms with Crippen LogP contribution in [-0.4, -0.2) is 22.8 Å². The smallest absolute Gasteiger partial charge is 0.412 e. The van der Waals surface area contributed by atoms with Crippen molar-refractivity contribution in [2.45, 2.75) is 33.3 Å². The van der Waals surface area contributed by atoms with Crippen LogP contribution in [0.2, 0.25) is 5.02 Å². The van der Waals surface area contributed by atoms with Crippen LogP contribution in [-0.2, 0) is 4.74 Å². The van der Waals surface area contributed by atoms with E-state index in [4.69, 9.17) is 21.4 Å². The maximum absolute atomic E-state index is 11.6. The van der Waals surface area contributed by atoms with Crippen LogP contribution in [0.15, 0.2) is 12.1 Å². The van der Waals surface area contributed by atoms with Gasteiger partial charge in [0.05, 0.1) is 10.6 Å². The minimum absolute atomic E-state index is 0.00564. The lowest BCUT2D eigenvalue weighted by Gasteiger charge is -2.20. The summed E-state index contributed by atoms with van der Waals surface area (Å²) in [5.74, 6) is -1.11. The lowest BCUT2D eigenvalue weighted by atomic mass is 10.1. The fourth-order valence-corrected chi connectivity index (χ4v) is 1.64. The topological polar surface area (TPSA) is 75.6 Å². The van der Waals surface area contributed by atoms with Gasteiger partial charge in [0.1, 0.15) is 5.60 Å². The molecule has 104 valence electrons. The van der Waals surface area contributed by atoms with Crippen LogP contribution in [0.4, 0.5) is 10.5 Å². The standard InChI is InChI=1S/C13H16ClNO4/c1-7-9(15-12(18)19-13(2,3)4)6-5-8(10(7)14)11(16)17/h5-6H,1-4H3,(H,15,18)(H,16,17). The van der Waals surface area contributed by atoms with Crippen molar-refractivity contribution in [2.75, 3.05) is 5.32 Å². The zero-order valence-electron chi connectivity index (χ0n) is 11.2. The van der Waals surface area contributed by atoms with Gasteiger partial charge in [-0.25, -0.2) is 9.59 Å². The van der Waals surface area contributed by atoms with E-state index in [-0.39, 0.29) is 10.6 Å². The van der Waals surface area contributed by atoms with Crippen molar-refractivity contribution >= 4 is 29.4 Å². The number of anilines is 1. The molecule has 1 aromatic rings. The molecule has 0 aliphatic rings. The third-order valence-corrected chi connectivity index (χ3v) is 2.74. The molecule has 0 aromatic heterocycles. The fraction of sp³-hybridized carbons (Fsp3) is 0.385. The molecule has 0 aliphatic carbocycles. The molecule has 1 amide bonds. The minimum Gasteiger partial charge on any atom is -0.478 e. The largest absolute Gasteiger partial charge is 0.478 e. The molecule has 1 rings (SSSR count). The van der Waals surface area contributed by atoms with Crippen LogP contribution in [0, 0.1) is 6.92 Å². The van der Waals surface area contributed by atoms with Crippen LogP contribution < -0.4 is 5.32 Å². The highest BCUT2D eigenvalue weighted by atomic mass is 35.5. The molecular weight excluding hydrogens is 270 g/mol. The number of amides is 1. The van der Waals surface area contributed by atoms with E-state index >= 15 is 0 Å². The van der Waals surface area contributed by atoms with Gasteiger partial charge in [0.25, 0.3) is 0 Å². The molecule has 6 heteroatoms. The van der Waals surface area contributed by atoms with Crippen molar-refractivity contribution < 1.29 is 19.4 Å². The molecule has 0 fully saturated rings. The van der Waals surface area contributed by atoms with E-state index in [0.717, 1.165) is 0 Å². The van der Waals surface area contributed by atoms with Gasteiger partial charge >= 0.3 is 12.1 Å². The third kappa shape index (κ3) is 4.13. The number of hydrogen-bond acceptors (Lipinski definition) is 3. The first kappa shape index (κ1) is 15.3. The van der Waals surface area contributed by atoms with Gasteiger partial charge in [-0.15, -0.1) is 0 Å². The van der Waals surface area contributed by atoms with Crippen LogP contribution in [0.5, 0.6) is 0 Å². The minimum atomic E-state index is -1.11. The van der Waals surface area contributed by atoms with E-state index in [0.29, 0.717) is 11.3 Å². The summed E-state index contributed by atoms with van der Waals surface area (Å²) in [6.07, 6.45) is -0.616. The van der Waals surface area contributed by atoms with Crippen molar-refractivity contribution in [1.29, 1.82) is 0 Å². The normalized spacial score (nSPS) is 11.0. The molecule has 0 radical (unpaired) electrons. The van der Waals surface area contributed by atoms with E-state index in [2.05, 4.69) is 5.32 Å². The molecule has 1 aromatic carbocycles. The van der Waals surface area contributed by atoms with Gasteiger partial charge < -0.3 is 9.84 Å². The Bertz CT molecular complexity index is 520. The fourth-order valence-electron chi connectivity index (χ4n) is 1.40. The summed E-state index contributed by atoms with van der Waals surface area (Å²) in [5.41, 5.74) is 0.286. The summed E-state index contributed by atoms with van der Waals surface area (Å²) in [5, 5.41) is 11.6. The van der Waals surface area contributed by atoms with Crippen molar-refractivity contribution in [3.8, 4) is 0 Å². The Hall–Kier alpha value is -1.75. The second-order valence-corrected chi connectivity index (χ2v) is 5.41. The molecule has 2 N–H and O–H groups in total. The Morgan fingerprint density at radius 3 is 2.37 bits per heavy atom. The van der Waals surface area contributed by atoms with Gasteiger partial charge in [0, 0.05) is 5.69 Å². The van der Waals surface area contributed by atoms with Crippen LogP contribution in [0.25, 0.3) is 0 Å². The zero-order valence-corrected chi connectivity index (χ0v) is 12.0. The molecule has 0 heterocycles. The number of carbonyl (C=O) groups excluding carboxylic acids is 1. The second-order valence-electron chi connectivity index (χ2n) is 5.03. The van der Waals surface area contributed by atoms with Crippen LogP contribution in [0.1, 0.15) is 36.7 Å². The molecule has 0 saturated heterocycles. The molecule has 0 saturated carbocycles. The SMILES string of the molecule is Cc1c(NC(=O)OC(C)(C)C)ccc(C(=O)O)c1Cl. The van der Waals surface area contributed by atoms with Gasteiger partial charge in [0.2, 0.25) is 0 Å². The number of carboxylic acid groups (broad SMARTS) is 1. The Morgan fingerprint density at radius 2 is 1.89 bits per heavy atom. The zero-order chi connectivity index (χ0) is 14.8. The number of ether oxygens (including phenoxy) is 1. The number of hydrogen-bond donors (Lipinski definition) is 2. The van der Waals surface area contributed by atoms with E-state index in [9.17, 15) is 9.59 Å². The van der Waals surface area contributed by atoms with Crippen molar-refractivity contribution in [2.24, 2.45) is 0 Å². The maximum atomic E-state index is 11.6. The first-order chi connectivity index (χ1) is 8.61. The number of benzene rings is 1. The molecular formula is C13H16ClNO4. The molecule has 0 bridgehead atoms. The molecule has 0 atom stereocenters. The third-order valence-electron chi connectivity index (χ3n) is 2.25. The molecule has 0 unspecified atom stereocenters. The first-order valence-corrected chi connectivity index (χ1v) is 6.02. The highest BCUT2D eigenvalue weighted by molar-refractivity contribution is 6.34. The quantitative estimate of drug-likeness (QED) is 0.869. The van der Waals surface area contributed by atoms with E-state index in [1.54, 1.807) is 27.7 Å². The van der Waals surface area contributed by atoms with Crippen LogP contribution in [0.3, 0.4) is 0 Å². The predicted molar refractivity (Wildman–Crippen MR) is 73.0 cm³/mol. The van der Waals surface area contributed by atoms with Gasteiger partial charge in [-0.2, -0.15) is 0 Å². The number of nitrogens with one attached hydrogen (secondary N) is 1. The van der Waals surface area contributed by atoms with E-state index in [1.165, 1.54) is 12.1 Å². The van der Waals surface area contributed by atoms with E-state index in [1.807, 2.05) is 0 Å². The predicted octanol–water partition coefficient (Wildman–Crippen LogP) is 3.69. The Labute approximate surface area is 116 Å². The Morgan fingerprint density at radius 1 is 1.32 bits per heavy atom. The molecule has 0 aliphatic heterocycles. The first-order valence-electron chi connectivity index (χ1n) is 5.64. The lowest BCUT2D eigenvalue weighted by molar-refractivity contribution is 0.0634. The molecule has 5 nitrogen and oxygen atoms in total. The summed E-state index contributed by atoms with van der Waals surface area (Å²) in [6, 6.07) is 2.82. The summed E-state index contributed by atoms with van der Waals surface area (Å²) < 4.78 is 5.10. The van der Waals surface area contributed by atoms with Crippen molar-refractivity contribution in [1.82, 2.24) is 0 Å². The van der Waals surface area contributed by atoms with Crippen molar-refractivity contribution in [3.05, 3.63) is 28.3 Å².